The average Bonchev–Trinajstić information content (AvgIpc) is 3.48. The molecule has 1 aromatic rings. The molecule has 0 bridgehead atoms. The van der Waals surface area contributed by atoms with Gasteiger partial charge in [0.25, 0.3) is 0 Å². The fourth-order valence-corrected chi connectivity index (χ4v) is 6.51. The molecule has 4 rings (SSSR count). The molecular formula is C22H31BClNO5S. The van der Waals surface area contributed by atoms with E-state index in [1.54, 1.807) is 18.2 Å². The average molecular weight is 468 g/mol. The van der Waals surface area contributed by atoms with Gasteiger partial charge < -0.3 is 14.2 Å². The second-order valence-electron chi connectivity index (χ2n) is 10.1. The maximum Gasteiger partial charge on any atom is 0.494 e. The number of hydrogen-bond acceptors (Lipinski definition) is 5. The monoisotopic (exact) mass is 467 g/mol. The van der Waals surface area contributed by atoms with E-state index in [2.05, 4.69) is 0 Å². The highest BCUT2D eigenvalue weighted by molar-refractivity contribution is 7.91. The second kappa shape index (κ2) is 8.05. The molecule has 1 aromatic carbocycles. The van der Waals surface area contributed by atoms with E-state index in [1.165, 1.54) is 0 Å². The van der Waals surface area contributed by atoms with Crippen LogP contribution in [0.4, 0.5) is 0 Å². The Kier molecular flexibility index (Phi) is 5.99. The molecule has 6 nitrogen and oxygen atoms in total. The van der Waals surface area contributed by atoms with Gasteiger partial charge in [-0.1, -0.05) is 17.7 Å². The molecule has 2 heterocycles. The number of likely N-dealkylation sites (tertiary alicyclic amines) is 1. The van der Waals surface area contributed by atoms with Crippen LogP contribution >= 0.6 is 11.6 Å². The highest BCUT2D eigenvalue weighted by atomic mass is 35.5. The highest BCUT2D eigenvalue weighted by Crippen LogP contribution is 2.37. The zero-order valence-corrected chi connectivity index (χ0v) is 20.3. The first-order chi connectivity index (χ1) is 14.4. The lowest BCUT2D eigenvalue weighted by atomic mass is 9.79. The van der Waals surface area contributed by atoms with E-state index in [4.69, 9.17) is 20.9 Å². The summed E-state index contributed by atoms with van der Waals surface area (Å²) >= 11 is 6.42. The number of piperidine rings is 1. The number of hydrogen-bond donors (Lipinski definition) is 0. The van der Waals surface area contributed by atoms with Crippen molar-refractivity contribution in [2.75, 3.05) is 18.8 Å². The molecule has 3 fully saturated rings. The van der Waals surface area contributed by atoms with Gasteiger partial charge in [0.15, 0.2) is 9.84 Å². The smallest absolute Gasteiger partial charge is 0.399 e. The molecule has 0 spiro atoms. The van der Waals surface area contributed by atoms with Crippen LogP contribution in [0.3, 0.4) is 0 Å². The van der Waals surface area contributed by atoms with E-state index in [9.17, 15) is 13.2 Å². The van der Waals surface area contributed by atoms with Gasteiger partial charge >= 0.3 is 7.12 Å². The van der Waals surface area contributed by atoms with Gasteiger partial charge in [0.05, 0.1) is 26.9 Å². The van der Waals surface area contributed by atoms with Crippen LogP contribution in [0, 0.1) is 11.8 Å². The first-order valence-electron chi connectivity index (χ1n) is 11.1. The van der Waals surface area contributed by atoms with E-state index >= 15 is 0 Å². The SMILES string of the molecule is CC1(C)OB(c2ccc(S(=O)(=O)CC3CCN(C(=O)C4CC4)CC3)c(Cl)c2)OC1(C)C. The normalized spacial score (nSPS) is 23.9. The third-order valence-corrected chi connectivity index (χ3v) is 9.49. The van der Waals surface area contributed by atoms with Crippen LogP contribution in [0.5, 0.6) is 0 Å². The van der Waals surface area contributed by atoms with Crippen molar-refractivity contribution in [3.8, 4) is 0 Å². The predicted octanol–water partition coefficient (Wildman–Crippen LogP) is 3.06. The molecule has 1 amide bonds. The Labute approximate surface area is 190 Å². The molecule has 3 aliphatic rings. The molecule has 31 heavy (non-hydrogen) atoms. The fraction of sp³-hybridized carbons (Fsp3) is 0.682. The largest absolute Gasteiger partial charge is 0.494 e. The Morgan fingerprint density at radius 3 is 2.19 bits per heavy atom. The highest BCUT2D eigenvalue weighted by Gasteiger charge is 2.51. The summed E-state index contributed by atoms with van der Waals surface area (Å²) in [7, 11) is -4.13. The maximum absolute atomic E-state index is 13.1. The quantitative estimate of drug-likeness (QED) is 0.622. The molecule has 1 saturated carbocycles. The third kappa shape index (κ3) is 4.68. The minimum atomic E-state index is -3.54. The zero-order valence-electron chi connectivity index (χ0n) is 18.7. The van der Waals surface area contributed by atoms with Crippen molar-refractivity contribution >= 4 is 39.9 Å². The molecule has 0 N–H and O–H groups in total. The molecule has 9 heteroatoms. The zero-order chi connectivity index (χ0) is 22.6. The van der Waals surface area contributed by atoms with Crippen molar-refractivity contribution in [3.05, 3.63) is 23.2 Å². The first-order valence-corrected chi connectivity index (χ1v) is 13.1. The van der Waals surface area contributed by atoms with Crippen LogP contribution in [0.15, 0.2) is 23.1 Å². The van der Waals surface area contributed by atoms with Gasteiger partial charge in [-0.2, -0.15) is 0 Å². The second-order valence-corrected chi connectivity index (χ2v) is 12.5. The predicted molar refractivity (Wildman–Crippen MR) is 121 cm³/mol. The Morgan fingerprint density at radius 1 is 1.10 bits per heavy atom. The van der Waals surface area contributed by atoms with Gasteiger partial charge in [-0.05, 0) is 76.9 Å². The van der Waals surface area contributed by atoms with E-state index in [-0.39, 0.29) is 33.4 Å². The van der Waals surface area contributed by atoms with Gasteiger partial charge in [-0.15, -0.1) is 0 Å². The lowest BCUT2D eigenvalue weighted by Gasteiger charge is -2.32. The molecule has 0 radical (unpaired) electrons. The standard InChI is InChI=1S/C22H31BClNO5S/c1-21(2)22(3,4)30-23(29-21)17-7-8-19(18(24)13-17)31(27,28)14-15-9-11-25(12-10-15)20(26)16-5-6-16/h7-8,13,15-16H,5-6,9-12,14H2,1-4H3. The van der Waals surface area contributed by atoms with Crippen LogP contribution in [0.25, 0.3) is 0 Å². The number of carbonyl (C=O) groups excluding carboxylic acids is 1. The van der Waals surface area contributed by atoms with Crippen LogP contribution < -0.4 is 5.46 Å². The van der Waals surface area contributed by atoms with Crippen molar-refractivity contribution < 1.29 is 22.5 Å². The number of carbonyl (C=O) groups is 1. The molecular weight excluding hydrogens is 437 g/mol. The third-order valence-electron chi connectivity index (χ3n) is 7.12. The fourth-order valence-electron chi connectivity index (χ4n) is 4.20. The molecule has 170 valence electrons. The summed E-state index contributed by atoms with van der Waals surface area (Å²) in [5.41, 5.74) is -0.260. The summed E-state index contributed by atoms with van der Waals surface area (Å²) < 4.78 is 38.2. The molecule has 0 aromatic heterocycles. The molecule has 1 aliphatic carbocycles. The molecule has 0 unspecified atom stereocenters. The van der Waals surface area contributed by atoms with Crippen LogP contribution in [0.2, 0.25) is 5.02 Å². The summed E-state index contributed by atoms with van der Waals surface area (Å²) in [6, 6.07) is 4.91. The van der Waals surface area contributed by atoms with Gasteiger partial charge in [0, 0.05) is 19.0 Å². The number of rotatable bonds is 5. The molecule has 2 saturated heterocycles. The Balaban J connectivity index is 1.41. The van der Waals surface area contributed by atoms with Gasteiger partial charge in [-0.3, -0.25) is 4.79 Å². The lowest BCUT2D eigenvalue weighted by molar-refractivity contribution is -0.133. The number of benzene rings is 1. The number of sulfone groups is 1. The van der Waals surface area contributed by atoms with Crippen molar-refractivity contribution in [2.45, 2.75) is 69.5 Å². The van der Waals surface area contributed by atoms with Crippen molar-refractivity contribution in [2.24, 2.45) is 11.8 Å². The topological polar surface area (TPSA) is 72.9 Å². The van der Waals surface area contributed by atoms with Crippen LogP contribution in [0.1, 0.15) is 53.4 Å². The van der Waals surface area contributed by atoms with Gasteiger partial charge in [0.2, 0.25) is 5.91 Å². The maximum atomic E-state index is 13.1. The Bertz CT molecular complexity index is 952. The summed E-state index contributed by atoms with van der Waals surface area (Å²) in [4.78, 5) is 14.2. The van der Waals surface area contributed by atoms with E-state index < -0.39 is 28.2 Å². The van der Waals surface area contributed by atoms with E-state index in [1.807, 2.05) is 32.6 Å². The summed E-state index contributed by atoms with van der Waals surface area (Å²) in [5, 5.41) is 0.188. The summed E-state index contributed by atoms with van der Waals surface area (Å²) in [5.74, 6) is 0.532. The van der Waals surface area contributed by atoms with Gasteiger partial charge in [-0.25, -0.2) is 8.42 Å². The van der Waals surface area contributed by atoms with Crippen LogP contribution in [-0.4, -0.2) is 56.4 Å². The summed E-state index contributed by atoms with van der Waals surface area (Å²) in [6.07, 6.45) is 3.41. The Hall–Kier alpha value is -1.09. The number of nitrogens with zero attached hydrogens (tertiary/aromatic N) is 1. The first kappa shape index (κ1) is 23.1. The Morgan fingerprint density at radius 2 is 1.68 bits per heavy atom. The van der Waals surface area contributed by atoms with Gasteiger partial charge in [0.1, 0.15) is 0 Å². The minimum absolute atomic E-state index is 0.0343. The molecule has 0 atom stereocenters. The molecule has 2 aliphatic heterocycles. The summed E-state index contributed by atoms with van der Waals surface area (Å²) in [6.45, 7) is 9.16. The van der Waals surface area contributed by atoms with Crippen LogP contribution in [-0.2, 0) is 23.9 Å². The van der Waals surface area contributed by atoms with Crippen molar-refractivity contribution in [1.82, 2.24) is 4.90 Å². The van der Waals surface area contributed by atoms with Crippen molar-refractivity contribution in [1.29, 1.82) is 0 Å². The number of halogens is 1. The van der Waals surface area contributed by atoms with E-state index in [0.717, 1.165) is 12.8 Å². The van der Waals surface area contributed by atoms with Crippen molar-refractivity contribution in [3.63, 3.8) is 0 Å². The van der Waals surface area contributed by atoms with E-state index in [0.29, 0.717) is 31.4 Å². The lowest BCUT2D eigenvalue weighted by Crippen LogP contribution is -2.41. The number of amides is 1. The minimum Gasteiger partial charge on any atom is -0.399 e.